The third kappa shape index (κ3) is 2.76. The van der Waals surface area contributed by atoms with Crippen LogP contribution in [0, 0.1) is 17.8 Å². The van der Waals surface area contributed by atoms with E-state index < -0.39 is 11.9 Å². The molecule has 0 aromatic carbocycles. The summed E-state index contributed by atoms with van der Waals surface area (Å²) in [5.74, 6) is 0.239. The lowest BCUT2D eigenvalue weighted by molar-refractivity contribution is -0.143. The molecule has 3 aliphatic carbocycles. The van der Waals surface area contributed by atoms with Gasteiger partial charge in [0.25, 0.3) is 0 Å². The Morgan fingerprint density at radius 2 is 1.65 bits per heavy atom. The molecule has 2 bridgehead atoms. The van der Waals surface area contributed by atoms with Gasteiger partial charge in [0, 0.05) is 12.1 Å². The molecule has 0 radical (unpaired) electrons. The predicted molar refractivity (Wildman–Crippen MR) is 74.3 cm³/mol. The van der Waals surface area contributed by atoms with E-state index in [0.717, 1.165) is 31.6 Å². The first-order valence-electron chi connectivity index (χ1n) is 7.93. The van der Waals surface area contributed by atoms with E-state index in [4.69, 9.17) is 0 Å². The normalized spacial score (nSPS) is 39.5. The van der Waals surface area contributed by atoms with Crippen LogP contribution in [0.4, 0.5) is 4.79 Å². The molecule has 0 aliphatic heterocycles. The van der Waals surface area contributed by atoms with Crippen LogP contribution in [0.25, 0.3) is 0 Å². The van der Waals surface area contributed by atoms with Gasteiger partial charge in [-0.15, -0.1) is 0 Å². The number of nitrogens with one attached hydrogen (secondary N) is 2. The lowest BCUT2D eigenvalue weighted by Gasteiger charge is -2.30. The molecule has 3 saturated carbocycles. The largest absolute Gasteiger partial charge is 0.481 e. The number of carbonyl (C=O) groups excluding carboxylic acids is 1. The van der Waals surface area contributed by atoms with E-state index in [1.54, 1.807) is 0 Å². The average Bonchev–Trinajstić information content (AvgIpc) is 3.01. The number of rotatable bonds is 3. The van der Waals surface area contributed by atoms with Crippen LogP contribution in [0.3, 0.4) is 0 Å². The van der Waals surface area contributed by atoms with Gasteiger partial charge in [-0.25, -0.2) is 4.79 Å². The highest BCUT2D eigenvalue weighted by molar-refractivity contribution is 5.77. The first kappa shape index (κ1) is 13.7. The fourth-order valence-electron chi connectivity index (χ4n) is 4.40. The maximum Gasteiger partial charge on any atom is 0.315 e. The number of carboxylic acid groups (broad SMARTS) is 1. The molecule has 0 spiro atoms. The van der Waals surface area contributed by atoms with Crippen LogP contribution < -0.4 is 10.6 Å². The van der Waals surface area contributed by atoms with Crippen LogP contribution in [-0.4, -0.2) is 29.2 Å². The number of amides is 2. The van der Waals surface area contributed by atoms with E-state index in [1.165, 1.54) is 19.3 Å². The second-order valence-electron chi connectivity index (χ2n) is 6.73. The fraction of sp³-hybridized carbons (Fsp3) is 0.867. The number of hydrogen-bond acceptors (Lipinski definition) is 2. The summed E-state index contributed by atoms with van der Waals surface area (Å²) in [6, 6.07) is -0.0684. The highest BCUT2D eigenvalue weighted by atomic mass is 16.4. The lowest BCUT2D eigenvalue weighted by atomic mass is 9.84. The van der Waals surface area contributed by atoms with Crippen molar-refractivity contribution in [1.29, 1.82) is 0 Å². The molecular weight excluding hydrogens is 256 g/mol. The van der Waals surface area contributed by atoms with E-state index in [1.807, 2.05) is 0 Å². The van der Waals surface area contributed by atoms with E-state index in [2.05, 4.69) is 10.6 Å². The van der Waals surface area contributed by atoms with Crippen molar-refractivity contribution in [2.24, 2.45) is 17.8 Å². The maximum atomic E-state index is 12.1. The Hall–Kier alpha value is -1.26. The number of carboxylic acids is 1. The molecular formula is C15H24N2O3. The first-order valence-corrected chi connectivity index (χ1v) is 7.93. The van der Waals surface area contributed by atoms with Crippen molar-refractivity contribution in [3.05, 3.63) is 0 Å². The Bertz CT molecular complexity index is 399. The van der Waals surface area contributed by atoms with Crippen molar-refractivity contribution in [1.82, 2.24) is 10.6 Å². The molecule has 3 rings (SSSR count). The Labute approximate surface area is 119 Å². The Morgan fingerprint density at radius 1 is 0.900 bits per heavy atom. The first-order chi connectivity index (χ1) is 9.63. The van der Waals surface area contributed by atoms with Crippen LogP contribution in [0.5, 0.6) is 0 Å². The van der Waals surface area contributed by atoms with Crippen LogP contribution in [0.1, 0.15) is 51.4 Å². The average molecular weight is 280 g/mol. The summed E-state index contributed by atoms with van der Waals surface area (Å²) in [6.07, 6.45) is 8.31. The quantitative estimate of drug-likeness (QED) is 0.741. The summed E-state index contributed by atoms with van der Waals surface area (Å²) in [4.78, 5) is 23.3. The highest BCUT2D eigenvalue weighted by Crippen LogP contribution is 2.44. The minimum absolute atomic E-state index is 0.166. The molecule has 3 fully saturated rings. The van der Waals surface area contributed by atoms with Gasteiger partial charge in [0.15, 0.2) is 0 Å². The summed E-state index contributed by atoms with van der Waals surface area (Å²) in [7, 11) is 0. The van der Waals surface area contributed by atoms with Crippen molar-refractivity contribution >= 4 is 12.0 Å². The van der Waals surface area contributed by atoms with Crippen molar-refractivity contribution in [2.75, 3.05) is 0 Å². The molecule has 5 unspecified atom stereocenters. The summed E-state index contributed by atoms with van der Waals surface area (Å²) in [6.45, 7) is 0. The van der Waals surface area contributed by atoms with Gasteiger partial charge in [0.2, 0.25) is 0 Å². The smallest absolute Gasteiger partial charge is 0.315 e. The fourth-order valence-corrected chi connectivity index (χ4v) is 4.40. The second-order valence-corrected chi connectivity index (χ2v) is 6.73. The zero-order valence-corrected chi connectivity index (χ0v) is 11.8. The van der Waals surface area contributed by atoms with Crippen molar-refractivity contribution in [2.45, 2.75) is 63.5 Å². The molecule has 0 saturated heterocycles. The van der Waals surface area contributed by atoms with Crippen LogP contribution in [0.15, 0.2) is 0 Å². The topological polar surface area (TPSA) is 78.4 Å². The SMILES string of the molecule is O=C(NC1CC2CCC1C2)NC1CCCCC1C(=O)O. The van der Waals surface area contributed by atoms with E-state index >= 15 is 0 Å². The second kappa shape index (κ2) is 5.62. The van der Waals surface area contributed by atoms with Crippen LogP contribution >= 0.6 is 0 Å². The maximum absolute atomic E-state index is 12.1. The minimum Gasteiger partial charge on any atom is -0.481 e. The zero-order chi connectivity index (χ0) is 14.1. The standard InChI is InChI=1S/C15H24N2O3/c18-14(19)11-3-1-2-4-12(11)16-15(20)17-13-8-9-5-6-10(13)7-9/h9-13H,1-8H2,(H,18,19)(H2,16,17,20). The van der Waals surface area contributed by atoms with Gasteiger partial charge < -0.3 is 15.7 Å². The van der Waals surface area contributed by atoms with Gasteiger partial charge >= 0.3 is 12.0 Å². The number of aliphatic carboxylic acids is 1. The number of urea groups is 1. The van der Waals surface area contributed by atoms with Crippen molar-refractivity contribution < 1.29 is 14.7 Å². The molecule has 112 valence electrons. The lowest BCUT2D eigenvalue weighted by Crippen LogP contribution is -2.51. The summed E-state index contributed by atoms with van der Waals surface area (Å²) in [5.41, 5.74) is 0. The van der Waals surface area contributed by atoms with Crippen LogP contribution in [0.2, 0.25) is 0 Å². The molecule has 0 aromatic heterocycles. The Morgan fingerprint density at radius 3 is 2.30 bits per heavy atom. The zero-order valence-electron chi connectivity index (χ0n) is 11.8. The van der Waals surface area contributed by atoms with Crippen LogP contribution in [-0.2, 0) is 4.79 Å². The van der Waals surface area contributed by atoms with Gasteiger partial charge in [0.05, 0.1) is 5.92 Å². The number of hydrogen-bond donors (Lipinski definition) is 3. The van der Waals surface area contributed by atoms with Gasteiger partial charge in [-0.1, -0.05) is 19.3 Å². The van der Waals surface area contributed by atoms with Gasteiger partial charge in [-0.05, 0) is 43.9 Å². The molecule has 0 heterocycles. The van der Waals surface area contributed by atoms with E-state index in [0.29, 0.717) is 18.4 Å². The molecule has 0 aromatic rings. The molecule has 3 N–H and O–H groups in total. The third-order valence-electron chi connectivity index (χ3n) is 5.45. The predicted octanol–water partition coefficient (Wildman–Crippen LogP) is 2.12. The molecule has 5 nitrogen and oxygen atoms in total. The number of carbonyl (C=O) groups is 2. The van der Waals surface area contributed by atoms with E-state index in [9.17, 15) is 14.7 Å². The Kier molecular flexibility index (Phi) is 3.85. The summed E-state index contributed by atoms with van der Waals surface area (Å²) in [5, 5.41) is 15.2. The molecule has 20 heavy (non-hydrogen) atoms. The number of fused-ring (bicyclic) bond motifs is 2. The monoisotopic (exact) mass is 280 g/mol. The Balaban J connectivity index is 1.51. The molecule has 2 amide bonds. The van der Waals surface area contributed by atoms with Gasteiger partial charge in [-0.2, -0.15) is 0 Å². The molecule has 5 atom stereocenters. The van der Waals surface area contributed by atoms with Crippen molar-refractivity contribution in [3.63, 3.8) is 0 Å². The summed E-state index contributed by atoms with van der Waals surface area (Å²) >= 11 is 0. The molecule has 5 heteroatoms. The summed E-state index contributed by atoms with van der Waals surface area (Å²) < 4.78 is 0. The highest BCUT2D eigenvalue weighted by Gasteiger charge is 2.40. The van der Waals surface area contributed by atoms with Gasteiger partial charge in [-0.3, -0.25) is 4.79 Å². The minimum atomic E-state index is -0.782. The van der Waals surface area contributed by atoms with Gasteiger partial charge in [0.1, 0.15) is 0 Å². The third-order valence-corrected chi connectivity index (χ3v) is 5.45. The van der Waals surface area contributed by atoms with E-state index in [-0.39, 0.29) is 12.1 Å². The molecule has 3 aliphatic rings. The van der Waals surface area contributed by atoms with Crippen molar-refractivity contribution in [3.8, 4) is 0 Å².